The van der Waals surface area contributed by atoms with Crippen LogP contribution >= 0.6 is 11.6 Å². The largest absolute Gasteiger partial charge is 0.452 e. The van der Waals surface area contributed by atoms with Gasteiger partial charge in [0.05, 0.1) is 29.4 Å². The molecule has 0 aliphatic carbocycles. The Kier molecular flexibility index (Phi) is 7.97. The molecule has 0 saturated carbocycles. The predicted molar refractivity (Wildman–Crippen MR) is 113 cm³/mol. The number of carbonyl (C=O) groups excluding carboxylic acids is 3. The third-order valence-corrected chi connectivity index (χ3v) is 6.90. The van der Waals surface area contributed by atoms with Crippen molar-refractivity contribution in [1.29, 1.82) is 0 Å². The van der Waals surface area contributed by atoms with Gasteiger partial charge in [-0.25, -0.2) is 17.6 Å². The van der Waals surface area contributed by atoms with E-state index in [-0.39, 0.29) is 47.3 Å². The molecule has 1 heterocycles. The molecule has 13 heteroatoms. The zero-order valence-electron chi connectivity index (χ0n) is 17.0. The molecule has 2 N–H and O–H groups in total. The van der Waals surface area contributed by atoms with Crippen LogP contribution in [-0.2, 0) is 24.3 Å². The summed E-state index contributed by atoms with van der Waals surface area (Å²) in [5.41, 5.74) is 3.55. The number of hydrogen-bond acceptors (Lipinski definition) is 7. The zero-order valence-corrected chi connectivity index (χ0v) is 18.6. The highest BCUT2D eigenvalue weighted by atomic mass is 35.5. The van der Waals surface area contributed by atoms with E-state index in [1.165, 1.54) is 34.6 Å². The molecule has 2 aromatic rings. The molecule has 1 aliphatic heterocycles. The second-order valence-electron chi connectivity index (χ2n) is 6.72. The van der Waals surface area contributed by atoms with E-state index >= 15 is 0 Å². The van der Waals surface area contributed by atoms with Crippen LogP contribution in [0.5, 0.6) is 0 Å². The summed E-state index contributed by atoms with van der Waals surface area (Å²) in [6, 6.07) is 8.70. The summed E-state index contributed by atoms with van der Waals surface area (Å²) in [5, 5.41) is -0.0772. The first-order valence-corrected chi connectivity index (χ1v) is 11.4. The fourth-order valence-electron chi connectivity index (χ4n) is 2.84. The molecule has 2 aromatic carbocycles. The third-order valence-electron chi connectivity index (χ3n) is 4.52. The van der Waals surface area contributed by atoms with Crippen LogP contribution in [0, 0.1) is 5.82 Å². The summed E-state index contributed by atoms with van der Waals surface area (Å²) >= 11 is 6.04. The Balaban J connectivity index is 1.59. The minimum absolute atomic E-state index is 0.0772. The summed E-state index contributed by atoms with van der Waals surface area (Å²) in [6.07, 6.45) is 0. The molecule has 33 heavy (non-hydrogen) atoms. The van der Waals surface area contributed by atoms with Gasteiger partial charge in [-0.3, -0.25) is 20.4 Å². The van der Waals surface area contributed by atoms with Crippen molar-refractivity contribution in [1.82, 2.24) is 15.2 Å². The van der Waals surface area contributed by atoms with Crippen molar-refractivity contribution in [3.63, 3.8) is 0 Å². The summed E-state index contributed by atoms with van der Waals surface area (Å²) in [4.78, 5) is 35.8. The lowest BCUT2D eigenvalue weighted by atomic mass is 10.2. The van der Waals surface area contributed by atoms with Gasteiger partial charge in [0.15, 0.2) is 6.61 Å². The van der Waals surface area contributed by atoms with Crippen molar-refractivity contribution in [3.05, 3.63) is 64.4 Å². The average Bonchev–Trinajstić information content (AvgIpc) is 2.82. The number of carbonyl (C=O) groups is 3. The van der Waals surface area contributed by atoms with Crippen LogP contribution < -0.4 is 10.9 Å². The number of esters is 1. The number of ether oxygens (including phenoxy) is 2. The van der Waals surface area contributed by atoms with Gasteiger partial charge >= 0.3 is 5.97 Å². The van der Waals surface area contributed by atoms with Crippen LogP contribution in [0.15, 0.2) is 47.4 Å². The fourth-order valence-corrected chi connectivity index (χ4v) is 4.75. The topological polar surface area (TPSA) is 131 Å². The van der Waals surface area contributed by atoms with Gasteiger partial charge in [0.2, 0.25) is 10.0 Å². The number of hydrazine groups is 1. The van der Waals surface area contributed by atoms with E-state index in [0.29, 0.717) is 0 Å². The molecule has 0 spiro atoms. The molecule has 2 amide bonds. The van der Waals surface area contributed by atoms with Gasteiger partial charge in [-0.2, -0.15) is 4.31 Å². The molecule has 1 fully saturated rings. The molecule has 0 aromatic heterocycles. The third kappa shape index (κ3) is 6.05. The maximum absolute atomic E-state index is 13.6. The number of nitrogens with one attached hydrogen (secondary N) is 2. The number of benzene rings is 2. The van der Waals surface area contributed by atoms with Gasteiger partial charge in [0.25, 0.3) is 11.8 Å². The molecular formula is C20H19ClFN3O7S. The molecule has 176 valence electrons. The second kappa shape index (κ2) is 10.7. The highest BCUT2D eigenvalue weighted by Crippen LogP contribution is 2.26. The first-order valence-electron chi connectivity index (χ1n) is 9.58. The number of amides is 2. The number of nitrogens with zero attached hydrogens (tertiary/aromatic N) is 1. The summed E-state index contributed by atoms with van der Waals surface area (Å²) in [6.45, 7) is -0.0228. The van der Waals surface area contributed by atoms with Crippen molar-refractivity contribution in [3.8, 4) is 0 Å². The van der Waals surface area contributed by atoms with Gasteiger partial charge in [0, 0.05) is 13.1 Å². The first-order chi connectivity index (χ1) is 15.7. The van der Waals surface area contributed by atoms with Crippen LogP contribution in [0.1, 0.15) is 20.7 Å². The quantitative estimate of drug-likeness (QED) is 0.449. The molecule has 1 saturated heterocycles. The molecule has 0 atom stereocenters. The Hall–Kier alpha value is -3.06. The Morgan fingerprint density at radius 2 is 1.79 bits per heavy atom. The maximum Gasteiger partial charge on any atom is 0.338 e. The molecule has 10 nitrogen and oxygen atoms in total. The van der Waals surface area contributed by atoms with Crippen molar-refractivity contribution < 1.29 is 36.7 Å². The lowest BCUT2D eigenvalue weighted by Crippen LogP contribution is -2.43. The van der Waals surface area contributed by atoms with E-state index in [1.807, 2.05) is 10.9 Å². The van der Waals surface area contributed by atoms with Gasteiger partial charge in [-0.05, 0) is 30.3 Å². The first kappa shape index (κ1) is 24.6. The van der Waals surface area contributed by atoms with Gasteiger partial charge < -0.3 is 9.47 Å². The number of hydrogen-bond donors (Lipinski definition) is 2. The van der Waals surface area contributed by atoms with Gasteiger partial charge in [-0.15, -0.1) is 0 Å². The van der Waals surface area contributed by atoms with E-state index in [9.17, 15) is 27.2 Å². The number of halogens is 2. The highest BCUT2D eigenvalue weighted by Gasteiger charge is 2.29. The van der Waals surface area contributed by atoms with Gasteiger partial charge in [0.1, 0.15) is 10.7 Å². The summed E-state index contributed by atoms with van der Waals surface area (Å²) in [5.74, 6) is -3.56. The lowest BCUT2D eigenvalue weighted by Gasteiger charge is -2.26. The van der Waals surface area contributed by atoms with Crippen LogP contribution in [0.4, 0.5) is 4.39 Å². The standard InChI is InChI=1S/C20H19ClFN3O7S/c21-15-6-5-13(11-17(15)33(29,30)25-7-9-31-10-8-25)20(28)32-12-18(26)23-24-19(27)14-3-1-2-4-16(14)22/h1-6,11H,7-10,12H2,(H,23,26)(H,24,27). The number of morpholine rings is 1. The highest BCUT2D eigenvalue weighted by molar-refractivity contribution is 7.89. The number of rotatable bonds is 6. The number of sulfonamides is 1. The molecule has 1 aliphatic rings. The maximum atomic E-state index is 13.6. The summed E-state index contributed by atoms with van der Waals surface area (Å²) in [7, 11) is -3.97. The van der Waals surface area contributed by atoms with Crippen molar-refractivity contribution in [2.24, 2.45) is 0 Å². The lowest BCUT2D eigenvalue weighted by molar-refractivity contribution is -0.125. The molecule has 0 bridgehead atoms. The Bertz CT molecular complexity index is 1170. The van der Waals surface area contributed by atoms with Crippen LogP contribution in [0.3, 0.4) is 0 Å². The second-order valence-corrected chi connectivity index (χ2v) is 9.03. The van der Waals surface area contributed by atoms with E-state index in [4.69, 9.17) is 21.1 Å². The Morgan fingerprint density at radius 1 is 1.09 bits per heavy atom. The molecular weight excluding hydrogens is 481 g/mol. The summed E-state index contributed by atoms with van der Waals surface area (Å²) < 4.78 is 50.4. The van der Waals surface area contributed by atoms with E-state index in [1.54, 1.807) is 0 Å². The minimum atomic E-state index is -3.97. The smallest absolute Gasteiger partial charge is 0.338 e. The average molecular weight is 500 g/mol. The molecule has 0 radical (unpaired) electrons. The molecule has 3 rings (SSSR count). The van der Waals surface area contributed by atoms with Crippen LogP contribution in [0.25, 0.3) is 0 Å². The minimum Gasteiger partial charge on any atom is -0.452 e. The van der Waals surface area contributed by atoms with E-state index < -0.39 is 40.2 Å². The zero-order chi connectivity index (χ0) is 24.0. The normalized spacial score (nSPS) is 14.4. The predicted octanol–water partition coefficient (Wildman–Crippen LogP) is 1.12. The van der Waals surface area contributed by atoms with Gasteiger partial charge in [-0.1, -0.05) is 23.7 Å². The van der Waals surface area contributed by atoms with Crippen LogP contribution in [0.2, 0.25) is 5.02 Å². The van der Waals surface area contributed by atoms with Crippen molar-refractivity contribution in [2.45, 2.75) is 4.90 Å². The van der Waals surface area contributed by atoms with Crippen LogP contribution in [-0.4, -0.2) is 63.4 Å². The van der Waals surface area contributed by atoms with E-state index in [2.05, 4.69) is 0 Å². The van der Waals surface area contributed by atoms with Crippen molar-refractivity contribution >= 4 is 39.4 Å². The Labute approximate surface area is 193 Å². The van der Waals surface area contributed by atoms with E-state index in [0.717, 1.165) is 12.1 Å². The Morgan fingerprint density at radius 3 is 2.48 bits per heavy atom. The van der Waals surface area contributed by atoms with Crippen molar-refractivity contribution in [2.75, 3.05) is 32.9 Å². The molecule has 0 unspecified atom stereocenters. The fraction of sp³-hybridized carbons (Fsp3) is 0.250. The SMILES string of the molecule is O=C(COC(=O)c1ccc(Cl)c(S(=O)(=O)N2CCOCC2)c1)NNC(=O)c1ccccc1F. The monoisotopic (exact) mass is 499 g/mol.